The number of para-hydroxylation sites is 1. The highest BCUT2D eigenvalue weighted by Crippen LogP contribution is 2.41. The molecular weight excluding hydrogens is 392 g/mol. The third-order valence-electron chi connectivity index (χ3n) is 5.22. The summed E-state index contributed by atoms with van der Waals surface area (Å²) < 4.78 is 11.6. The van der Waals surface area contributed by atoms with Crippen molar-refractivity contribution in [3.63, 3.8) is 0 Å². The monoisotopic (exact) mass is 410 g/mol. The number of nitrogens with zero attached hydrogens (tertiary/aromatic N) is 2. The van der Waals surface area contributed by atoms with Crippen LogP contribution in [-0.4, -0.2) is 17.5 Å². The van der Waals surface area contributed by atoms with Crippen molar-refractivity contribution in [2.45, 2.75) is 6.04 Å². The topological polar surface area (TPSA) is 72.6 Å². The first-order chi connectivity index (χ1) is 15.2. The number of carbonyl (C=O) groups excluding carboxylic acids is 1. The van der Waals surface area contributed by atoms with Gasteiger partial charge < -0.3 is 9.15 Å². The normalized spacial score (nSPS) is 15.2. The molecule has 152 valence electrons. The Kier molecular flexibility index (Phi) is 4.59. The van der Waals surface area contributed by atoms with Gasteiger partial charge in [0.1, 0.15) is 23.8 Å². The maximum atomic E-state index is 13.5. The SMILES string of the molecule is C=CCOc1cccc([C@@H]2c3c(oc4ccccc4c3=O)C(=O)N2c2ccccn2)c1. The number of benzene rings is 2. The van der Waals surface area contributed by atoms with Crippen LogP contribution < -0.4 is 15.1 Å². The molecule has 0 aliphatic carbocycles. The third-order valence-corrected chi connectivity index (χ3v) is 5.22. The highest BCUT2D eigenvalue weighted by molar-refractivity contribution is 6.10. The first kappa shape index (κ1) is 18.8. The number of pyridine rings is 1. The van der Waals surface area contributed by atoms with Gasteiger partial charge in [0.05, 0.1) is 17.0 Å². The molecule has 0 saturated carbocycles. The molecule has 5 rings (SSSR count). The molecule has 6 nitrogen and oxygen atoms in total. The van der Waals surface area contributed by atoms with Crippen LogP contribution in [0.5, 0.6) is 5.75 Å². The second kappa shape index (κ2) is 7.57. The van der Waals surface area contributed by atoms with Gasteiger partial charge >= 0.3 is 0 Å². The van der Waals surface area contributed by atoms with E-state index >= 15 is 0 Å². The van der Waals surface area contributed by atoms with Crippen LogP contribution in [0.4, 0.5) is 5.82 Å². The van der Waals surface area contributed by atoms with Crippen LogP contribution >= 0.6 is 0 Å². The van der Waals surface area contributed by atoms with Gasteiger partial charge in [0.15, 0.2) is 5.43 Å². The van der Waals surface area contributed by atoms with Crippen molar-refractivity contribution >= 4 is 22.7 Å². The minimum atomic E-state index is -0.689. The summed E-state index contributed by atoms with van der Waals surface area (Å²) in [4.78, 5) is 32.8. The van der Waals surface area contributed by atoms with Gasteiger partial charge in [0.2, 0.25) is 5.76 Å². The van der Waals surface area contributed by atoms with E-state index in [0.29, 0.717) is 34.7 Å². The number of hydrogen-bond donors (Lipinski definition) is 0. The molecule has 0 spiro atoms. The molecule has 0 N–H and O–H groups in total. The smallest absolute Gasteiger partial charge is 0.296 e. The molecule has 4 aromatic rings. The molecule has 0 radical (unpaired) electrons. The molecule has 1 aliphatic heterocycles. The van der Waals surface area contributed by atoms with E-state index in [9.17, 15) is 9.59 Å². The zero-order chi connectivity index (χ0) is 21.4. The molecule has 0 bridgehead atoms. The van der Waals surface area contributed by atoms with Crippen molar-refractivity contribution in [2.75, 3.05) is 11.5 Å². The lowest BCUT2D eigenvalue weighted by Gasteiger charge is -2.24. The largest absolute Gasteiger partial charge is 0.490 e. The van der Waals surface area contributed by atoms with E-state index in [4.69, 9.17) is 9.15 Å². The Bertz CT molecular complexity index is 1360. The Labute approximate surface area is 178 Å². The highest BCUT2D eigenvalue weighted by Gasteiger charge is 2.44. The minimum absolute atomic E-state index is 0.0387. The number of aromatic nitrogens is 1. The van der Waals surface area contributed by atoms with E-state index in [1.807, 2.05) is 24.3 Å². The van der Waals surface area contributed by atoms with Crippen LogP contribution in [0.25, 0.3) is 11.0 Å². The first-order valence-electron chi connectivity index (χ1n) is 9.83. The lowest BCUT2D eigenvalue weighted by molar-refractivity contribution is 0.0970. The lowest BCUT2D eigenvalue weighted by Crippen LogP contribution is -2.30. The number of rotatable bonds is 5. The number of amides is 1. The maximum absolute atomic E-state index is 13.5. The molecule has 1 amide bonds. The van der Waals surface area contributed by atoms with Gasteiger partial charge in [-0.25, -0.2) is 4.98 Å². The van der Waals surface area contributed by atoms with Crippen molar-refractivity contribution in [2.24, 2.45) is 0 Å². The van der Waals surface area contributed by atoms with Crippen LogP contribution in [0, 0.1) is 0 Å². The standard InChI is InChI=1S/C25H18N2O4/c1-2-14-30-17-9-7-8-16(15-17)22-21-23(28)18-10-3-4-11-19(18)31-24(21)25(29)27(22)20-12-5-6-13-26-20/h2-13,15,22H,1,14H2/t22-/m1/s1. The average molecular weight is 410 g/mol. The first-order valence-corrected chi connectivity index (χ1v) is 9.83. The molecule has 6 heteroatoms. The summed E-state index contributed by atoms with van der Waals surface area (Å²) in [6, 6.07) is 18.9. The Morgan fingerprint density at radius 3 is 2.71 bits per heavy atom. The lowest BCUT2D eigenvalue weighted by atomic mass is 9.98. The predicted octanol–water partition coefficient (Wildman–Crippen LogP) is 4.50. The number of fused-ring (bicyclic) bond motifs is 2. The van der Waals surface area contributed by atoms with E-state index in [-0.39, 0.29) is 11.2 Å². The van der Waals surface area contributed by atoms with E-state index in [1.165, 1.54) is 4.90 Å². The van der Waals surface area contributed by atoms with Crippen LogP contribution in [0.2, 0.25) is 0 Å². The van der Waals surface area contributed by atoms with Crippen molar-refractivity contribution in [1.82, 2.24) is 4.98 Å². The summed E-state index contributed by atoms with van der Waals surface area (Å²) in [6.07, 6.45) is 3.26. The van der Waals surface area contributed by atoms with Gasteiger partial charge in [-0.15, -0.1) is 0 Å². The fourth-order valence-corrected chi connectivity index (χ4v) is 3.90. The molecule has 2 aromatic carbocycles. The maximum Gasteiger partial charge on any atom is 0.296 e. The Hall–Kier alpha value is -4.19. The highest BCUT2D eigenvalue weighted by atomic mass is 16.5. The minimum Gasteiger partial charge on any atom is -0.490 e. The molecule has 0 saturated heterocycles. The zero-order valence-electron chi connectivity index (χ0n) is 16.5. The fourth-order valence-electron chi connectivity index (χ4n) is 3.90. The van der Waals surface area contributed by atoms with Gasteiger partial charge in [0.25, 0.3) is 5.91 Å². The van der Waals surface area contributed by atoms with E-state index in [2.05, 4.69) is 11.6 Å². The molecular formula is C25H18N2O4. The second-order valence-corrected chi connectivity index (χ2v) is 7.11. The Balaban J connectivity index is 1.76. The van der Waals surface area contributed by atoms with Crippen LogP contribution in [0.15, 0.2) is 94.8 Å². The van der Waals surface area contributed by atoms with Crippen molar-refractivity contribution in [3.05, 3.63) is 113 Å². The fraction of sp³-hybridized carbons (Fsp3) is 0.0800. The summed E-state index contributed by atoms with van der Waals surface area (Å²) in [6.45, 7) is 4.02. The van der Waals surface area contributed by atoms with Crippen molar-refractivity contribution < 1.29 is 13.9 Å². The van der Waals surface area contributed by atoms with Gasteiger partial charge in [-0.1, -0.05) is 43.0 Å². The quantitative estimate of drug-likeness (QED) is 0.453. The molecule has 1 aliphatic rings. The number of carbonyl (C=O) groups is 1. The second-order valence-electron chi connectivity index (χ2n) is 7.11. The van der Waals surface area contributed by atoms with Gasteiger partial charge in [-0.3, -0.25) is 14.5 Å². The number of ether oxygens (including phenoxy) is 1. The zero-order valence-corrected chi connectivity index (χ0v) is 16.5. The van der Waals surface area contributed by atoms with Gasteiger partial charge in [-0.05, 0) is 42.0 Å². The number of anilines is 1. The Morgan fingerprint density at radius 2 is 1.90 bits per heavy atom. The van der Waals surface area contributed by atoms with E-state index < -0.39 is 11.9 Å². The Morgan fingerprint density at radius 1 is 1.06 bits per heavy atom. The molecule has 3 heterocycles. The van der Waals surface area contributed by atoms with E-state index in [0.717, 1.165) is 5.56 Å². The summed E-state index contributed by atoms with van der Waals surface area (Å²) in [5.41, 5.74) is 1.17. The average Bonchev–Trinajstić information content (AvgIpc) is 3.11. The van der Waals surface area contributed by atoms with Crippen LogP contribution in [0.3, 0.4) is 0 Å². The predicted molar refractivity (Wildman–Crippen MR) is 118 cm³/mol. The number of hydrogen-bond acceptors (Lipinski definition) is 5. The molecule has 2 aromatic heterocycles. The van der Waals surface area contributed by atoms with Crippen LogP contribution in [0.1, 0.15) is 27.7 Å². The van der Waals surface area contributed by atoms with Gasteiger partial charge in [-0.2, -0.15) is 0 Å². The van der Waals surface area contributed by atoms with Crippen LogP contribution in [-0.2, 0) is 0 Å². The van der Waals surface area contributed by atoms with E-state index in [1.54, 1.807) is 54.7 Å². The summed E-state index contributed by atoms with van der Waals surface area (Å²) in [5.74, 6) is 0.685. The summed E-state index contributed by atoms with van der Waals surface area (Å²) in [5, 5.41) is 0.431. The molecule has 0 fully saturated rings. The summed E-state index contributed by atoms with van der Waals surface area (Å²) in [7, 11) is 0. The third kappa shape index (κ3) is 3.09. The summed E-state index contributed by atoms with van der Waals surface area (Å²) >= 11 is 0. The molecule has 0 unspecified atom stereocenters. The van der Waals surface area contributed by atoms with Crippen molar-refractivity contribution in [1.29, 1.82) is 0 Å². The molecule has 1 atom stereocenters. The van der Waals surface area contributed by atoms with Crippen molar-refractivity contribution in [3.8, 4) is 5.75 Å². The van der Waals surface area contributed by atoms with Gasteiger partial charge in [0, 0.05) is 6.20 Å². The molecule has 31 heavy (non-hydrogen) atoms.